The number of aromatic nitrogens is 3. The summed E-state index contributed by atoms with van der Waals surface area (Å²) in [5, 5.41) is 0.450. The number of hydrogen-bond donors (Lipinski definition) is 2. The molecule has 0 atom stereocenters. The molecular formula is C23H19F2N5O2. The van der Waals surface area contributed by atoms with Gasteiger partial charge in [-0.05, 0) is 30.3 Å². The number of nitrogens with zero attached hydrogens (tertiary/aromatic N) is 3. The summed E-state index contributed by atoms with van der Waals surface area (Å²) in [5.41, 5.74) is 6.61. The molecule has 1 aromatic carbocycles. The summed E-state index contributed by atoms with van der Waals surface area (Å²) >= 11 is 0. The van der Waals surface area contributed by atoms with Crippen LogP contribution in [0, 0.1) is 11.6 Å². The van der Waals surface area contributed by atoms with E-state index >= 15 is 0 Å². The minimum Gasteiger partial charge on any atom is -0.396 e. The van der Waals surface area contributed by atoms with E-state index in [1.165, 1.54) is 6.20 Å². The molecule has 0 amide bonds. The molecule has 5 rings (SSSR count). The normalized spacial score (nSPS) is 14.1. The highest BCUT2D eigenvalue weighted by atomic mass is 19.1. The SMILES string of the molecule is Nc1ccc(F)c(C(=O)c2c[nH]c3ncc(-c4ccc(N5CCOCC5)nc4)cc23)c1F. The molecule has 0 saturated carbocycles. The van der Waals surface area contributed by atoms with Gasteiger partial charge in [-0.2, -0.15) is 0 Å². The number of ether oxygens (including phenoxy) is 1. The number of carbonyl (C=O) groups excluding carboxylic acids is 1. The highest BCUT2D eigenvalue weighted by Gasteiger charge is 2.24. The molecular weight excluding hydrogens is 416 g/mol. The topological polar surface area (TPSA) is 97.1 Å². The first-order valence-corrected chi connectivity index (χ1v) is 10.1. The van der Waals surface area contributed by atoms with Crippen molar-refractivity contribution in [3.05, 3.63) is 71.7 Å². The molecule has 4 heterocycles. The number of aromatic amines is 1. The van der Waals surface area contributed by atoms with Crippen LogP contribution in [0.15, 0.2) is 48.9 Å². The number of carbonyl (C=O) groups is 1. The largest absolute Gasteiger partial charge is 0.396 e. The summed E-state index contributed by atoms with van der Waals surface area (Å²) in [6.07, 6.45) is 4.78. The molecule has 0 spiro atoms. The van der Waals surface area contributed by atoms with Crippen LogP contribution in [0.4, 0.5) is 20.3 Å². The van der Waals surface area contributed by atoms with Crippen molar-refractivity contribution in [3.63, 3.8) is 0 Å². The molecule has 0 unspecified atom stereocenters. The van der Waals surface area contributed by atoms with Crippen molar-refractivity contribution in [1.82, 2.24) is 15.0 Å². The number of anilines is 2. The number of hydrogen-bond acceptors (Lipinski definition) is 6. The van der Waals surface area contributed by atoms with Gasteiger partial charge in [-0.25, -0.2) is 18.7 Å². The van der Waals surface area contributed by atoms with Crippen molar-refractivity contribution in [2.45, 2.75) is 0 Å². The smallest absolute Gasteiger partial charge is 0.201 e. The molecule has 1 aliphatic rings. The van der Waals surface area contributed by atoms with Gasteiger partial charge in [0, 0.05) is 53.8 Å². The van der Waals surface area contributed by atoms with Gasteiger partial charge in [0.15, 0.2) is 5.82 Å². The van der Waals surface area contributed by atoms with Gasteiger partial charge in [0.1, 0.15) is 17.3 Å². The van der Waals surface area contributed by atoms with Crippen molar-refractivity contribution < 1.29 is 18.3 Å². The Labute approximate surface area is 181 Å². The zero-order chi connectivity index (χ0) is 22.2. The maximum atomic E-state index is 14.4. The Morgan fingerprint density at radius 1 is 1.06 bits per heavy atom. The number of morpholine rings is 1. The fourth-order valence-corrected chi connectivity index (χ4v) is 3.80. The van der Waals surface area contributed by atoms with Crippen molar-refractivity contribution in [3.8, 4) is 11.1 Å². The second-order valence-electron chi connectivity index (χ2n) is 7.48. The van der Waals surface area contributed by atoms with Gasteiger partial charge >= 0.3 is 0 Å². The fourth-order valence-electron chi connectivity index (χ4n) is 3.80. The van der Waals surface area contributed by atoms with Crippen molar-refractivity contribution >= 4 is 28.3 Å². The Hall–Kier alpha value is -3.85. The van der Waals surface area contributed by atoms with Crippen molar-refractivity contribution in [2.24, 2.45) is 0 Å². The first-order chi connectivity index (χ1) is 15.5. The zero-order valence-corrected chi connectivity index (χ0v) is 16.9. The van der Waals surface area contributed by atoms with E-state index in [4.69, 9.17) is 10.5 Å². The van der Waals surface area contributed by atoms with Gasteiger partial charge in [-0.15, -0.1) is 0 Å². The number of rotatable bonds is 4. The molecule has 1 aliphatic heterocycles. The average molecular weight is 435 g/mol. The summed E-state index contributed by atoms with van der Waals surface area (Å²) < 4.78 is 34.0. The number of nitrogens with two attached hydrogens (primary N) is 1. The van der Waals surface area contributed by atoms with Crippen LogP contribution < -0.4 is 10.6 Å². The second kappa shape index (κ2) is 8.01. The van der Waals surface area contributed by atoms with E-state index in [-0.39, 0.29) is 11.3 Å². The van der Waals surface area contributed by atoms with E-state index < -0.39 is 23.0 Å². The number of nitrogen functional groups attached to an aromatic ring is 1. The van der Waals surface area contributed by atoms with E-state index in [2.05, 4.69) is 19.9 Å². The third kappa shape index (κ3) is 3.46. The number of nitrogens with one attached hydrogen (secondary N) is 1. The Morgan fingerprint density at radius 3 is 2.59 bits per heavy atom. The summed E-state index contributed by atoms with van der Waals surface area (Å²) in [6.45, 7) is 2.91. The molecule has 4 aromatic rings. The summed E-state index contributed by atoms with van der Waals surface area (Å²) in [4.78, 5) is 26.9. The predicted octanol–water partition coefficient (Wildman–Crippen LogP) is 3.55. The van der Waals surface area contributed by atoms with Crippen LogP contribution in [-0.2, 0) is 4.74 Å². The Morgan fingerprint density at radius 2 is 1.84 bits per heavy atom. The van der Waals surface area contributed by atoms with Crippen LogP contribution in [0.5, 0.6) is 0 Å². The summed E-state index contributed by atoms with van der Waals surface area (Å²) in [6, 6.07) is 7.66. The number of H-pyrrole nitrogens is 1. The first kappa shape index (κ1) is 20.1. The molecule has 0 bridgehead atoms. The number of fused-ring (bicyclic) bond motifs is 1. The van der Waals surface area contributed by atoms with Gasteiger partial charge in [0.2, 0.25) is 5.78 Å². The molecule has 3 aromatic heterocycles. The number of ketones is 1. The summed E-state index contributed by atoms with van der Waals surface area (Å²) in [5.74, 6) is -1.99. The quantitative estimate of drug-likeness (QED) is 0.376. The lowest BCUT2D eigenvalue weighted by Gasteiger charge is -2.27. The van der Waals surface area contributed by atoms with Crippen LogP contribution in [0.3, 0.4) is 0 Å². The second-order valence-corrected chi connectivity index (χ2v) is 7.48. The van der Waals surface area contributed by atoms with Gasteiger partial charge in [-0.3, -0.25) is 4.79 Å². The van der Waals surface area contributed by atoms with E-state index in [1.54, 1.807) is 18.5 Å². The van der Waals surface area contributed by atoms with Crippen LogP contribution >= 0.6 is 0 Å². The Bertz CT molecular complexity index is 1310. The number of pyridine rings is 2. The van der Waals surface area contributed by atoms with E-state index in [9.17, 15) is 13.6 Å². The first-order valence-electron chi connectivity index (χ1n) is 10.1. The monoisotopic (exact) mass is 435 g/mol. The highest BCUT2D eigenvalue weighted by molar-refractivity contribution is 6.16. The van der Waals surface area contributed by atoms with Gasteiger partial charge in [0.05, 0.1) is 24.5 Å². The molecule has 1 fully saturated rings. The number of halogens is 2. The predicted molar refractivity (Wildman–Crippen MR) is 117 cm³/mol. The molecule has 0 aliphatic carbocycles. The minimum absolute atomic E-state index is 0.107. The van der Waals surface area contributed by atoms with Gasteiger partial charge in [-0.1, -0.05) is 0 Å². The lowest BCUT2D eigenvalue weighted by Crippen LogP contribution is -2.36. The molecule has 1 saturated heterocycles. The zero-order valence-electron chi connectivity index (χ0n) is 16.9. The third-order valence-corrected chi connectivity index (χ3v) is 5.54. The number of benzene rings is 1. The summed E-state index contributed by atoms with van der Waals surface area (Å²) in [7, 11) is 0. The van der Waals surface area contributed by atoms with E-state index in [0.29, 0.717) is 24.2 Å². The lowest BCUT2D eigenvalue weighted by atomic mass is 10.00. The molecule has 3 N–H and O–H groups in total. The Kier molecular flexibility index (Phi) is 5.02. The van der Waals surface area contributed by atoms with Gasteiger partial charge < -0.3 is 20.4 Å². The van der Waals surface area contributed by atoms with E-state index in [0.717, 1.165) is 42.2 Å². The minimum atomic E-state index is -1.07. The van der Waals surface area contributed by atoms with Crippen LogP contribution in [0.25, 0.3) is 22.2 Å². The maximum Gasteiger partial charge on any atom is 0.201 e. The molecule has 9 heteroatoms. The average Bonchev–Trinajstić information content (AvgIpc) is 3.26. The third-order valence-electron chi connectivity index (χ3n) is 5.54. The molecule has 162 valence electrons. The Balaban J connectivity index is 1.51. The molecule has 0 radical (unpaired) electrons. The van der Waals surface area contributed by atoms with Gasteiger partial charge in [0.25, 0.3) is 0 Å². The molecule has 32 heavy (non-hydrogen) atoms. The standard InChI is InChI=1S/C23H19F2N5O2/c24-17-2-3-18(26)21(25)20(17)22(31)16-12-29-23-15(16)9-14(11-28-23)13-1-4-19(27-10-13)30-5-7-32-8-6-30/h1-4,9-12H,5-8,26H2,(H,28,29). The fraction of sp³-hybridized carbons (Fsp3) is 0.174. The van der Waals surface area contributed by atoms with Crippen LogP contribution in [-0.4, -0.2) is 47.0 Å². The van der Waals surface area contributed by atoms with Crippen LogP contribution in [0.1, 0.15) is 15.9 Å². The van der Waals surface area contributed by atoms with Crippen molar-refractivity contribution in [1.29, 1.82) is 0 Å². The van der Waals surface area contributed by atoms with Crippen LogP contribution in [0.2, 0.25) is 0 Å². The highest BCUT2D eigenvalue weighted by Crippen LogP contribution is 2.29. The van der Waals surface area contributed by atoms with E-state index in [1.807, 2.05) is 12.1 Å². The lowest BCUT2D eigenvalue weighted by molar-refractivity contribution is 0.103. The maximum absolute atomic E-state index is 14.4. The molecule has 7 nitrogen and oxygen atoms in total. The van der Waals surface area contributed by atoms with Crippen molar-refractivity contribution in [2.75, 3.05) is 36.9 Å².